The molecule has 2 bridgehead atoms. The van der Waals surface area contributed by atoms with Crippen molar-refractivity contribution in [2.24, 2.45) is 5.92 Å². The Kier molecular flexibility index (Phi) is 5.32. The highest BCUT2D eigenvalue weighted by atomic mass is 19.1. The predicted molar refractivity (Wildman–Crippen MR) is 127 cm³/mol. The van der Waals surface area contributed by atoms with Crippen LogP contribution in [-0.2, 0) is 0 Å². The van der Waals surface area contributed by atoms with Gasteiger partial charge in [-0.25, -0.2) is 9.37 Å². The first-order chi connectivity index (χ1) is 15.9. The van der Waals surface area contributed by atoms with Crippen LogP contribution in [0.1, 0.15) is 57.2 Å². The number of halogens is 1. The number of ether oxygens (including phenoxy) is 1. The lowest BCUT2D eigenvalue weighted by molar-refractivity contribution is 0.0479. The fraction of sp³-hybridized carbons (Fsp3) is 0.423. The first-order valence-electron chi connectivity index (χ1n) is 11.6. The number of nitriles is 1. The van der Waals surface area contributed by atoms with Gasteiger partial charge in [0, 0.05) is 24.8 Å². The summed E-state index contributed by atoms with van der Waals surface area (Å²) in [4.78, 5) is 11.6. The summed E-state index contributed by atoms with van der Waals surface area (Å²) < 4.78 is 21.0. The number of hydrogen-bond donors (Lipinski definition) is 1. The van der Waals surface area contributed by atoms with Crippen LogP contribution in [0, 0.1) is 23.1 Å². The highest BCUT2D eigenvalue weighted by Crippen LogP contribution is 2.42. The Bertz CT molecular complexity index is 1250. The molecule has 0 aliphatic carbocycles. The van der Waals surface area contributed by atoms with Gasteiger partial charge in [-0.3, -0.25) is 4.98 Å². The fourth-order valence-corrected chi connectivity index (χ4v) is 4.86. The molecule has 33 heavy (non-hydrogen) atoms. The van der Waals surface area contributed by atoms with Crippen molar-refractivity contribution in [1.29, 1.82) is 5.26 Å². The molecule has 0 saturated carbocycles. The molecule has 4 heterocycles. The maximum atomic E-state index is 14.4. The van der Waals surface area contributed by atoms with E-state index in [9.17, 15) is 9.65 Å². The maximum absolute atomic E-state index is 14.4. The molecule has 3 aromatic rings. The van der Waals surface area contributed by atoms with Crippen LogP contribution in [0.25, 0.3) is 11.0 Å². The number of rotatable bonds is 0. The van der Waals surface area contributed by atoms with Crippen molar-refractivity contribution < 1.29 is 9.13 Å². The zero-order valence-electron chi connectivity index (χ0n) is 19.2. The lowest BCUT2D eigenvalue weighted by Crippen LogP contribution is -2.37. The van der Waals surface area contributed by atoms with Crippen LogP contribution in [0.2, 0.25) is 0 Å². The molecule has 0 amide bonds. The number of fused-ring (bicyclic) bond motifs is 5. The summed E-state index contributed by atoms with van der Waals surface area (Å²) in [5.74, 6) is 1.46. The number of benzene rings is 1. The van der Waals surface area contributed by atoms with E-state index in [0.29, 0.717) is 17.6 Å². The molecule has 5 rings (SSSR count). The highest BCUT2D eigenvalue weighted by Gasteiger charge is 2.34. The number of hydrogen-bond acceptors (Lipinski definition) is 6. The second kappa shape index (κ2) is 8.18. The minimum Gasteiger partial charge on any atom is -0.487 e. The van der Waals surface area contributed by atoms with Crippen LogP contribution in [0.5, 0.6) is 5.75 Å². The standard InChI is InChI=1S/C26H28FN5O/c1-16-10-11-29-24-17(14-28)15-30-20-7-9-23(31-25(20)24)32-12-4-5-21(32)19-13-18(27)6-8-22(19)33-26(16,2)3/h6-9,13,15-16,21,29H,4-5,10-12H2,1-3H3/t16-,21+/m0/s1. The number of anilines is 2. The number of aromatic nitrogens is 2. The molecule has 1 saturated heterocycles. The molecule has 0 radical (unpaired) electrons. The Morgan fingerprint density at radius 2 is 2.09 bits per heavy atom. The summed E-state index contributed by atoms with van der Waals surface area (Å²) in [5.41, 5.74) is 3.03. The van der Waals surface area contributed by atoms with Crippen LogP contribution >= 0.6 is 0 Å². The van der Waals surface area contributed by atoms with E-state index in [4.69, 9.17) is 9.72 Å². The van der Waals surface area contributed by atoms with Gasteiger partial charge in [0.05, 0.1) is 22.8 Å². The molecular formula is C26H28FN5O. The van der Waals surface area contributed by atoms with Gasteiger partial charge in [-0.2, -0.15) is 5.26 Å². The van der Waals surface area contributed by atoms with Gasteiger partial charge in [0.25, 0.3) is 0 Å². The summed E-state index contributed by atoms with van der Waals surface area (Å²) in [6.07, 6.45) is 4.29. The second-order valence-electron chi connectivity index (χ2n) is 9.55. The van der Waals surface area contributed by atoms with E-state index in [1.807, 2.05) is 12.1 Å². The molecule has 2 aromatic heterocycles. The molecule has 2 atom stereocenters. The molecular weight excluding hydrogens is 417 g/mol. The van der Waals surface area contributed by atoms with E-state index in [0.717, 1.165) is 54.1 Å². The molecule has 170 valence electrons. The van der Waals surface area contributed by atoms with Gasteiger partial charge < -0.3 is 15.0 Å². The Labute approximate surface area is 193 Å². The number of pyridine rings is 2. The molecule has 2 aliphatic heterocycles. The third-order valence-electron chi connectivity index (χ3n) is 7.14. The van der Waals surface area contributed by atoms with Gasteiger partial charge in [0.1, 0.15) is 34.6 Å². The van der Waals surface area contributed by atoms with Gasteiger partial charge in [-0.15, -0.1) is 0 Å². The third-order valence-corrected chi connectivity index (χ3v) is 7.14. The van der Waals surface area contributed by atoms with Gasteiger partial charge in [-0.1, -0.05) is 6.92 Å². The van der Waals surface area contributed by atoms with E-state index >= 15 is 0 Å². The molecule has 0 spiro atoms. The maximum Gasteiger partial charge on any atom is 0.129 e. The van der Waals surface area contributed by atoms with E-state index < -0.39 is 5.60 Å². The van der Waals surface area contributed by atoms with Gasteiger partial charge in [0.2, 0.25) is 0 Å². The Hall–Kier alpha value is -3.40. The highest BCUT2D eigenvalue weighted by molar-refractivity contribution is 5.91. The van der Waals surface area contributed by atoms with Crippen molar-refractivity contribution >= 4 is 22.5 Å². The van der Waals surface area contributed by atoms with E-state index in [1.54, 1.807) is 18.3 Å². The second-order valence-corrected chi connectivity index (χ2v) is 9.55. The van der Waals surface area contributed by atoms with Crippen molar-refractivity contribution in [1.82, 2.24) is 9.97 Å². The minimum atomic E-state index is -0.458. The minimum absolute atomic E-state index is 0.0433. The molecule has 2 aliphatic rings. The fourth-order valence-electron chi connectivity index (χ4n) is 4.86. The molecule has 7 heteroatoms. The Balaban J connectivity index is 1.71. The summed E-state index contributed by atoms with van der Waals surface area (Å²) in [7, 11) is 0. The Morgan fingerprint density at radius 1 is 1.24 bits per heavy atom. The largest absolute Gasteiger partial charge is 0.487 e. The van der Waals surface area contributed by atoms with Crippen LogP contribution in [0.3, 0.4) is 0 Å². The third kappa shape index (κ3) is 3.84. The zero-order chi connectivity index (χ0) is 23.2. The van der Waals surface area contributed by atoms with Crippen LogP contribution in [0.15, 0.2) is 36.5 Å². The average molecular weight is 446 g/mol. The lowest BCUT2D eigenvalue weighted by atomic mass is 9.89. The predicted octanol–water partition coefficient (Wildman–Crippen LogP) is 5.59. The Morgan fingerprint density at radius 3 is 2.91 bits per heavy atom. The summed E-state index contributed by atoms with van der Waals surface area (Å²) in [5, 5.41) is 13.2. The monoisotopic (exact) mass is 445 g/mol. The van der Waals surface area contributed by atoms with Crippen molar-refractivity contribution in [2.75, 3.05) is 23.3 Å². The summed E-state index contributed by atoms with van der Waals surface area (Å²) >= 11 is 0. The smallest absolute Gasteiger partial charge is 0.129 e. The van der Waals surface area contributed by atoms with Crippen molar-refractivity contribution in [2.45, 2.75) is 51.7 Å². The van der Waals surface area contributed by atoms with E-state index in [2.05, 4.69) is 42.0 Å². The molecule has 6 nitrogen and oxygen atoms in total. The molecule has 1 fully saturated rings. The normalized spacial score (nSPS) is 22.0. The van der Waals surface area contributed by atoms with Crippen molar-refractivity contribution in [3.8, 4) is 11.8 Å². The van der Waals surface area contributed by atoms with E-state index in [1.165, 1.54) is 6.07 Å². The first-order valence-corrected chi connectivity index (χ1v) is 11.6. The molecule has 1 N–H and O–H groups in total. The topological polar surface area (TPSA) is 74.1 Å². The summed E-state index contributed by atoms with van der Waals surface area (Å²) in [6.45, 7) is 7.80. The SMILES string of the molecule is C[C@H]1CCNc2c(C#N)cnc3ccc(nc23)N2CCC[C@@H]2c2cc(F)ccc2OC1(C)C. The quantitative estimate of drug-likeness (QED) is 0.486. The summed E-state index contributed by atoms with van der Waals surface area (Å²) in [6, 6.07) is 10.9. The van der Waals surface area contributed by atoms with Gasteiger partial charge in [0.15, 0.2) is 0 Å². The van der Waals surface area contributed by atoms with Crippen molar-refractivity contribution in [3.63, 3.8) is 0 Å². The van der Waals surface area contributed by atoms with Gasteiger partial charge >= 0.3 is 0 Å². The molecule has 0 unspecified atom stereocenters. The van der Waals surface area contributed by atoms with Crippen molar-refractivity contribution in [3.05, 3.63) is 53.5 Å². The van der Waals surface area contributed by atoms with Crippen LogP contribution in [-0.4, -0.2) is 28.7 Å². The average Bonchev–Trinajstić information content (AvgIpc) is 3.29. The molecule has 1 aromatic carbocycles. The van der Waals surface area contributed by atoms with Crippen LogP contribution in [0.4, 0.5) is 15.9 Å². The zero-order valence-corrected chi connectivity index (χ0v) is 19.2. The lowest BCUT2D eigenvalue weighted by Gasteiger charge is -2.35. The van der Waals surface area contributed by atoms with E-state index in [-0.39, 0.29) is 17.8 Å². The van der Waals surface area contributed by atoms with Crippen LogP contribution < -0.4 is 15.0 Å². The van der Waals surface area contributed by atoms with Gasteiger partial charge in [-0.05, 0) is 69.4 Å². The number of nitrogens with zero attached hydrogens (tertiary/aromatic N) is 4. The number of nitrogens with one attached hydrogen (secondary N) is 1. The first kappa shape index (κ1) is 21.4.